The second kappa shape index (κ2) is 7.84. The Bertz CT molecular complexity index is 425. The third-order valence-corrected chi connectivity index (χ3v) is 5.01. The zero-order valence-corrected chi connectivity index (χ0v) is 14.1. The van der Waals surface area contributed by atoms with Gasteiger partial charge in [0.05, 0.1) is 0 Å². The molecule has 1 aromatic rings. The summed E-state index contributed by atoms with van der Waals surface area (Å²) in [6, 6.07) is 1.99. The fraction of sp³-hybridized carbons (Fsp3) is 0.733. The quantitative estimate of drug-likeness (QED) is 0.692. The van der Waals surface area contributed by atoms with Crippen molar-refractivity contribution in [3.05, 3.63) is 11.9 Å². The van der Waals surface area contributed by atoms with E-state index in [1.54, 1.807) is 0 Å². The van der Waals surface area contributed by atoms with Gasteiger partial charge in [-0.1, -0.05) is 6.92 Å². The van der Waals surface area contributed by atoms with Crippen LogP contribution in [0, 0.1) is 0 Å². The number of thioether (sulfide) groups is 1. The second-order valence-corrected chi connectivity index (χ2v) is 6.63. The highest BCUT2D eigenvalue weighted by Crippen LogP contribution is 2.46. The molecule has 1 aliphatic carbocycles. The lowest BCUT2D eigenvalue weighted by Crippen LogP contribution is -2.19. The summed E-state index contributed by atoms with van der Waals surface area (Å²) in [5.41, 5.74) is 0. The molecule has 1 aromatic heterocycles. The van der Waals surface area contributed by atoms with E-state index in [1.807, 2.05) is 24.8 Å². The third kappa shape index (κ3) is 5.04. The highest BCUT2D eigenvalue weighted by molar-refractivity contribution is 8.00. The van der Waals surface area contributed by atoms with Crippen LogP contribution in [0.4, 0.5) is 11.6 Å². The molecule has 0 unspecified atom stereocenters. The number of aromatic nitrogens is 2. The molecule has 0 aliphatic heterocycles. The first-order valence-electron chi connectivity index (χ1n) is 7.70. The van der Waals surface area contributed by atoms with Crippen LogP contribution < -0.4 is 10.6 Å². The smallest absolute Gasteiger partial charge is 0.158 e. The van der Waals surface area contributed by atoms with Crippen LogP contribution in [0.1, 0.15) is 38.9 Å². The summed E-state index contributed by atoms with van der Waals surface area (Å²) in [5.74, 6) is 2.49. The molecule has 1 heterocycles. The van der Waals surface area contributed by atoms with Gasteiger partial charge in [-0.05, 0) is 32.4 Å². The molecule has 21 heavy (non-hydrogen) atoms. The number of hydrogen-bond acceptors (Lipinski definition) is 6. The SMILES string of the molecule is CCCNc1cc(NCC2(SC)CC2)nc(COCC)n1. The lowest BCUT2D eigenvalue weighted by Gasteiger charge is -2.15. The minimum Gasteiger partial charge on any atom is -0.374 e. The Labute approximate surface area is 131 Å². The molecule has 2 N–H and O–H groups in total. The first-order chi connectivity index (χ1) is 10.2. The number of anilines is 2. The largest absolute Gasteiger partial charge is 0.374 e. The van der Waals surface area contributed by atoms with Crippen molar-refractivity contribution in [3.63, 3.8) is 0 Å². The Morgan fingerprint density at radius 3 is 2.52 bits per heavy atom. The van der Waals surface area contributed by atoms with E-state index >= 15 is 0 Å². The fourth-order valence-corrected chi connectivity index (χ4v) is 2.76. The Kier molecular flexibility index (Phi) is 6.11. The maximum Gasteiger partial charge on any atom is 0.158 e. The molecule has 1 aliphatic rings. The van der Waals surface area contributed by atoms with Crippen molar-refractivity contribution in [2.45, 2.75) is 44.5 Å². The van der Waals surface area contributed by atoms with Crippen molar-refractivity contribution < 1.29 is 4.74 Å². The topological polar surface area (TPSA) is 59.1 Å². The van der Waals surface area contributed by atoms with Gasteiger partial charge in [0, 0.05) is 30.5 Å². The lowest BCUT2D eigenvalue weighted by atomic mass is 10.4. The van der Waals surface area contributed by atoms with Gasteiger partial charge in [0.25, 0.3) is 0 Å². The van der Waals surface area contributed by atoms with E-state index in [0.717, 1.165) is 37.0 Å². The predicted molar refractivity (Wildman–Crippen MR) is 90.1 cm³/mol. The molecule has 1 fully saturated rings. The average molecular weight is 310 g/mol. The van der Waals surface area contributed by atoms with Crippen LogP contribution in [0.15, 0.2) is 6.07 Å². The van der Waals surface area contributed by atoms with Gasteiger partial charge in [0.15, 0.2) is 5.82 Å². The molecular formula is C15H26N4OS. The van der Waals surface area contributed by atoms with Crippen LogP contribution in [-0.4, -0.2) is 40.7 Å². The van der Waals surface area contributed by atoms with E-state index in [9.17, 15) is 0 Å². The number of rotatable bonds is 10. The van der Waals surface area contributed by atoms with Gasteiger partial charge in [0.2, 0.25) is 0 Å². The maximum atomic E-state index is 5.43. The summed E-state index contributed by atoms with van der Waals surface area (Å²) >= 11 is 1.95. The van der Waals surface area contributed by atoms with E-state index in [4.69, 9.17) is 4.74 Å². The number of nitrogens with zero attached hydrogens (tertiary/aromatic N) is 2. The zero-order chi connectivity index (χ0) is 15.1. The molecule has 0 bridgehead atoms. The van der Waals surface area contributed by atoms with Gasteiger partial charge >= 0.3 is 0 Å². The summed E-state index contributed by atoms with van der Waals surface area (Å²) in [4.78, 5) is 9.04. The second-order valence-electron chi connectivity index (χ2n) is 5.36. The Balaban J connectivity index is 2.02. The van der Waals surface area contributed by atoms with Gasteiger partial charge in [-0.25, -0.2) is 9.97 Å². The molecule has 118 valence electrons. The molecule has 0 radical (unpaired) electrons. The van der Waals surface area contributed by atoms with E-state index < -0.39 is 0 Å². The summed E-state index contributed by atoms with van der Waals surface area (Å²) in [7, 11) is 0. The standard InChI is InChI=1S/C15H26N4OS/c1-4-8-16-12-9-13(17-11-15(21-3)6-7-15)19-14(18-12)10-20-5-2/h9H,4-8,10-11H2,1-3H3,(H2,16,17,18,19). The predicted octanol–water partition coefficient (Wildman–Crippen LogP) is 3.14. The van der Waals surface area contributed by atoms with E-state index in [0.29, 0.717) is 18.0 Å². The minimum atomic E-state index is 0.419. The molecule has 5 nitrogen and oxygen atoms in total. The molecule has 0 amide bonds. The van der Waals surface area contributed by atoms with Crippen molar-refractivity contribution in [1.82, 2.24) is 9.97 Å². The first kappa shape index (κ1) is 16.4. The van der Waals surface area contributed by atoms with Crippen LogP contribution in [0.3, 0.4) is 0 Å². The minimum absolute atomic E-state index is 0.419. The molecule has 0 saturated heterocycles. The first-order valence-corrected chi connectivity index (χ1v) is 8.92. The van der Waals surface area contributed by atoms with E-state index in [1.165, 1.54) is 12.8 Å². The summed E-state index contributed by atoms with van der Waals surface area (Å²) in [6.45, 7) is 7.14. The molecule has 0 spiro atoms. The van der Waals surface area contributed by atoms with Gasteiger partial charge in [-0.2, -0.15) is 11.8 Å². The van der Waals surface area contributed by atoms with Crippen molar-refractivity contribution in [2.24, 2.45) is 0 Å². The average Bonchev–Trinajstić information content (AvgIpc) is 3.29. The molecule has 2 rings (SSSR count). The van der Waals surface area contributed by atoms with Crippen molar-refractivity contribution in [1.29, 1.82) is 0 Å². The normalized spacial score (nSPS) is 15.8. The Morgan fingerprint density at radius 2 is 1.95 bits per heavy atom. The maximum absolute atomic E-state index is 5.43. The molecule has 6 heteroatoms. The summed E-state index contributed by atoms with van der Waals surface area (Å²) in [5, 5.41) is 6.79. The third-order valence-electron chi connectivity index (χ3n) is 3.60. The highest BCUT2D eigenvalue weighted by Gasteiger charge is 2.41. The molecule has 0 atom stereocenters. The van der Waals surface area contributed by atoms with Crippen molar-refractivity contribution in [3.8, 4) is 0 Å². The highest BCUT2D eigenvalue weighted by atomic mass is 32.2. The van der Waals surface area contributed by atoms with Gasteiger partial charge < -0.3 is 15.4 Å². The van der Waals surface area contributed by atoms with Crippen molar-refractivity contribution in [2.75, 3.05) is 36.6 Å². The number of nitrogens with one attached hydrogen (secondary N) is 2. The summed E-state index contributed by atoms with van der Waals surface area (Å²) in [6.07, 6.45) is 5.84. The van der Waals surface area contributed by atoms with Gasteiger partial charge in [-0.15, -0.1) is 0 Å². The molecule has 0 aromatic carbocycles. The van der Waals surface area contributed by atoms with Gasteiger partial charge in [-0.3, -0.25) is 0 Å². The lowest BCUT2D eigenvalue weighted by molar-refractivity contribution is 0.128. The summed E-state index contributed by atoms with van der Waals surface area (Å²) < 4.78 is 5.85. The van der Waals surface area contributed by atoms with E-state index in [-0.39, 0.29) is 0 Å². The van der Waals surface area contributed by atoms with Crippen LogP contribution in [0.25, 0.3) is 0 Å². The number of ether oxygens (including phenoxy) is 1. The molecular weight excluding hydrogens is 284 g/mol. The van der Waals surface area contributed by atoms with E-state index in [2.05, 4.69) is 33.8 Å². The monoisotopic (exact) mass is 310 g/mol. The van der Waals surface area contributed by atoms with Crippen LogP contribution in [0.5, 0.6) is 0 Å². The van der Waals surface area contributed by atoms with Crippen LogP contribution >= 0.6 is 11.8 Å². The zero-order valence-electron chi connectivity index (χ0n) is 13.2. The number of hydrogen-bond donors (Lipinski definition) is 2. The van der Waals surface area contributed by atoms with Crippen molar-refractivity contribution >= 4 is 23.4 Å². The van der Waals surface area contributed by atoms with Crippen LogP contribution in [0.2, 0.25) is 0 Å². The fourth-order valence-electron chi connectivity index (χ4n) is 2.03. The molecule has 1 saturated carbocycles. The Morgan fingerprint density at radius 1 is 1.24 bits per heavy atom. The van der Waals surface area contributed by atoms with Gasteiger partial charge in [0.1, 0.15) is 18.2 Å². The Hall–Kier alpha value is -1.01. The van der Waals surface area contributed by atoms with Crippen LogP contribution in [-0.2, 0) is 11.3 Å².